The molecule has 3 aromatic rings. The van der Waals surface area contributed by atoms with Gasteiger partial charge >= 0.3 is 5.97 Å². The molecule has 3 aromatic carbocycles. The second-order valence-electron chi connectivity index (χ2n) is 5.81. The lowest BCUT2D eigenvalue weighted by atomic mass is 10.1. The standard InChI is InChI=1S/C22H15NO2/c24-22(25)16-11-9-15(10-12-16)13-14-23-21-19-7-3-1-5-17(19)18-6-2-4-8-20(18)21/h1-14H,(H,24,25)/b14-13+. The predicted octanol–water partition coefficient (Wildman–Crippen LogP) is 4.87. The van der Waals surface area contributed by atoms with Crippen molar-refractivity contribution in [1.29, 1.82) is 0 Å². The molecule has 0 spiro atoms. The quantitative estimate of drug-likeness (QED) is 0.584. The van der Waals surface area contributed by atoms with Gasteiger partial charge in [0.1, 0.15) is 0 Å². The van der Waals surface area contributed by atoms with E-state index in [0.29, 0.717) is 0 Å². The van der Waals surface area contributed by atoms with Gasteiger partial charge in [-0.05, 0) is 34.9 Å². The molecular weight excluding hydrogens is 310 g/mol. The summed E-state index contributed by atoms with van der Waals surface area (Å²) >= 11 is 0. The molecule has 0 saturated heterocycles. The Kier molecular flexibility index (Phi) is 3.75. The summed E-state index contributed by atoms with van der Waals surface area (Å²) in [6.07, 6.45) is 3.65. The van der Waals surface area contributed by atoms with Crippen molar-refractivity contribution in [2.75, 3.05) is 0 Å². The van der Waals surface area contributed by atoms with E-state index in [1.54, 1.807) is 30.5 Å². The first-order valence-corrected chi connectivity index (χ1v) is 8.01. The van der Waals surface area contributed by atoms with Crippen LogP contribution in [0.3, 0.4) is 0 Å². The minimum atomic E-state index is -0.921. The van der Waals surface area contributed by atoms with Crippen LogP contribution < -0.4 is 0 Å². The van der Waals surface area contributed by atoms with Crippen molar-refractivity contribution in [2.45, 2.75) is 0 Å². The van der Waals surface area contributed by atoms with E-state index in [4.69, 9.17) is 5.11 Å². The molecule has 0 amide bonds. The maximum atomic E-state index is 10.9. The maximum Gasteiger partial charge on any atom is 0.335 e. The van der Waals surface area contributed by atoms with E-state index in [2.05, 4.69) is 29.3 Å². The van der Waals surface area contributed by atoms with Gasteiger partial charge in [-0.15, -0.1) is 0 Å². The number of fused-ring (bicyclic) bond motifs is 3. The van der Waals surface area contributed by atoms with E-state index >= 15 is 0 Å². The highest BCUT2D eigenvalue weighted by molar-refractivity contribution is 6.24. The van der Waals surface area contributed by atoms with Gasteiger partial charge in [-0.3, -0.25) is 4.99 Å². The molecule has 25 heavy (non-hydrogen) atoms. The number of benzene rings is 3. The number of aromatic carboxylic acids is 1. The van der Waals surface area contributed by atoms with Gasteiger partial charge in [0.05, 0.1) is 11.3 Å². The molecule has 1 N–H and O–H groups in total. The van der Waals surface area contributed by atoms with Crippen LogP contribution in [0.2, 0.25) is 0 Å². The average Bonchev–Trinajstić information content (AvgIpc) is 2.97. The molecule has 0 unspecified atom stereocenters. The fourth-order valence-corrected chi connectivity index (χ4v) is 3.07. The molecule has 4 rings (SSSR count). The highest BCUT2D eigenvalue weighted by Crippen LogP contribution is 2.36. The zero-order valence-corrected chi connectivity index (χ0v) is 13.4. The highest BCUT2D eigenvalue weighted by atomic mass is 16.4. The first-order valence-electron chi connectivity index (χ1n) is 8.01. The summed E-state index contributed by atoms with van der Waals surface area (Å²) in [5, 5.41) is 8.94. The van der Waals surface area contributed by atoms with Gasteiger partial charge in [0.25, 0.3) is 0 Å². The predicted molar refractivity (Wildman–Crippen MR) is 100.0 cm³/mol. The normalized spacial score (nSPS) is 12.1. The van der Waals surface area contributed by atoms with Crippen molar-refractivity contribution < 1.29 is 9.90 Å². The van der Waals surface area contributed by atoms with Crippen LogP contribution in [0.15, 0.2) is 84.0 Å². The van der Waals surface area contributed by atoms with E-state index < -0.39 is 5.97 Å². The molecule has 120 valence electrons. The molecule has 3 heteroatoms. The third-order valence-electron chi connectivity index (χ3n) is 4.28. The van der Waals surface area contributed by atoms with Crippen molar-refractivity contribution in [1.82, 2.24) is 0 Å². The van der Waals surface area contributed by atoms with Gasteiger partial charge in [0, 0.05) is 17.3 Å². The van der Waals surface area contributed by atoms with Gasteiger partial charge in [-0.1, -0.05) is 60.7 Å². The van der Waals surface area contributed by atoms with Gasteiger partial charge in [-0.25, -0.2) is 4.79 Å². The Morgan fingerprint density at radius 1 is 0.760 bits per heavy atom. The van der Waals surface area contributed by atoms with E-state index in [-0.39, 0.29) is 5.56 Å². The van der Waals surface area contributed by atoms with Crippen molar-refractivity contribution in [3.8, 4) is 11.1 Å². The number of rotatable bonds is 3. The average molecular weight is 325 g/mol. The van der Waals surface area contributed by atoms with Crippen LogP contribution in [0, 0.1) is 0 Å². The number of hydrogen-bond donors (Lipinski definition) is 1. The summed E-state index contributed by atoms with van der Waals surface area (Å²) in [5.41, 5.74) is 6.83. The number of carbonyl (C=O) groups is 1. The van der Waals surface area contributed by atoms with Crippen LogP contribution in [0.1, 0.15) is 27.0 Å². The van der Waals surface area contributed by atoms with Crippen molar-refractivity contribution >= 4 is 17.8 Å². The first-order chi connectivity index (χ1) is 12.2. The fraction of sp³-hybridized carbons (Fsp3) is 0. The molecule has 1 aliphatic carbocycles. The lowest BCUT2D eigenvalue weighted by molar-refractivity contribution is 0.0697. The summed E-state index contributed by atoms with van der Waals surface area (Å²) in [6.45, 7) is 0. The van der Waals surface area contributed by atoms with Crippen molar-refractivity contribution in [3.63, 3.8) is 0 Å². The second kappa shape index (κ2) is 6.21. The van der Waals surface area contributed by atoms with E-state index in [1.165, 1.54) is 11.1 Å². The summed E-state index contributed by atoms with van der Waals surface area (Å²) in [5.74, 6) is -0.921. The van der Waals surface area contributed by atoms with Crippen LogP contribution in [-0.4, -0.2) is 16.8 Å². The van der Waals surface area contributed by atoms with E-state index in [9.17, 15) is 4.79 Å². The molecular formula is C22H15NO2. The minimum Gasteiger partial charge on any atom is -0.478 e. The third kappa shape index (κ3) is 2.76. The molecule has 0 heterocycles. The summed E-state index contributed by atoms with van der Waals surface area (Å²) in [4.78, 5) is 15.6. The lowest BCUT2D eigenvalue weighted by Crippen LogP contribution is -1.96. The smallest absolute Gasteiger partial charge is 0.335 e. The Labute approximate surface area is 145 Å². The SMILES string of the molecule is O=C(O)c1ccc(/C=C/N=C2c3ccccc3-c3ccccc32)cc1. The molecule has 0 saturated carbocycles. The van der Waals surface area contributed by atoms with Gasteiger partial charge < -0.3 is 5.11 Å². The number of nitrogens with zero attached hydrogens (tertiary/aromatic N) is 1. The van der Waals surface area contributed by atoms with Gasteiger partial charge in [0.15, 0.2) is 0 Å². The summed E-state index contributed by atoms with van der Waals surface area (Å²) < 4.78 is 0. The number of carboxylic acid groups (broad SMARTS) is 1. The van der Waals surface area contributed by atoms with E-state index in [1.807, 2.05) is 30.3 Å². The lowest BCUT2D eigenvalue weighted by Gasteiger charge is -1.99. The second-order valence-corrected chi connectivity index (χ2v) is 5.81. The maximum absolute atomic E-state index is 10.9. The zero-order valence-electron chi connectivity index (χ0n) is 13.4. The molecule has 0 radical (unpaired) electrons. The summed E-state index contributed by atoms with van der Waals surface area (Å²) in [7, 11) is 0. The minimum absolute atomic E-state index is 0.280. The number of carboxylic acids is 1. The van der Waals surface area contributed by atoms with Crippen LogP contribution in [0.4, 0.5) is 0 Å². The van der Waals surface area contributed by atoms with Crippen LogP contribution in [0.5, 0.6) is 0 Å². The topological polar surface area (TPSA) is 49.7 Å². The molecule has 0 atom stereocenters. The van der Waals surface area contributed by atoms with Crippen LogP contribution in [0.25, 0.3) is 17.2 Å². The van der Waals surface area contributed by atoms with Gasteiger partial charge in [0.2, 0.25) is 0 Å². The Balaban J connectivity index is 1.68. The Hall–Kier alpha value is -3.46. The van der Waals surface area contributed by atoms with Crippen LogP contribution in [-0.2, 0) is 0 Å². The number of aliphatic imine (C=N–C) groups is 1. The molecule has 0 aliphatic heterocycles. The third-order valence-corrected chi connectivity index (χ3v) is 4.28. The van der Waals surface area contributed by atoms with Gasteiger partial charge in [-0.2, -0.15) is 0 Å². The van der Waals surface area contributed by atoms with Crippen molar-refractivity contribution in [3.05, 3.63) is 101 Å². The largest absolute Gasteiger partial charge is 0.478 e. The molecule has 3 nitrogen and oxygen atoms in total. The summed E-state index contributed by atoms with van der Waals surface area (Å²) in [6, 6.07) is 23.3. The first kappa shape index (κ1) is 15.1. The highest BCUT2D eigenvalue weighted by Gasteiger charge is 2.23. The molecule has 0 bridgehead atoms. The Bertz CT molecular complexity index is 967. The van der Waals surface area contributed by atoms with Crippen LogP contribution >= 0.6 is 0 Å². The molecule has 0 fully saturated rings. The molecule has 1 aliphatic rings. The zero-order chi connectivity index (χ0) is 17.2. The molecule has 0 aromatic heterocycles. The fourth-order valence-electron chi connectivity index (χ4n) is 3.07. The van der Waals surface area contributed by atoms with Crippen molar-refractivity contribution in [2.24, 2.45) is 4.99 Å². The Morgan fingerprint density at radius 2 is 1.28 bits per heavy atom. The monoisotopic (exact) mass is 325 g/mol. The Morgan fingerprint density at radius 3 is 1.80 bits per heavy atom. The number of hydrogen-bond acceptors (Lipinski definition) is 2. The van der Waals surface area contributed by atoms with E-state index in [0.717, 1.165) is 22.4 Å².